The Bertz CT molecular complexity index is 447. The van der Waals surface area contributed by atoms with Gasteiger partial charge in [0.1, 0.15) is 5.82 Å². The molecule has 1 heterocycles. The molecule has 1 aromatic carbocycles. The zero-order valence-corrected chi connectivity index (χ0v) is 12.2. The maximum atomic E-state index is 13.0. The van der Waals surface area contributed by atoms with E-state index in [0.717, 1.165) is 19.4 Å². The predicted molar refractivity (Wildman–Crippen MR) is 75.0 cm³/mol. The van der Waals surface area contributed by atoms with Crippen LogP contribution in [-0.2, 0) is 4.74 Å². The second-order valence-electron chi connectivity index (χ2n) is 4.44. The van der Waals surface area contributed by atoms with E-state index in [-0.39, 0.29) is 23.9 Å². The third kappa shape index (κ3) is 3.20. The molecule has 98 valence electrons. The number of rotatable bonds is 3. The van der Waals surface area contributed by atoms with E-state index in [1.807, 2.05) is 29.5 Å². The van der Waals surface area contributed by atoms with Gasteiger partial charge in [-0.15, -0.1) is 0 Å². The van der Waals surface area contributed by atoms with Crippen LogP contribution in [-0.4, -0.2) is 24.7 Å². The van der Waals surface area contributed by atoms with Crippen molar-refractivity contribution < 1.29 is 13.9 Å². The molecule has 0 radical (unpaired) electrons. The Hall–Kier alpha value is -0.690. The quantitative estimate of drug-likeness (QED) is 0.839. The average Bonchev–Trinajstić information content (AvgIpc) is 2.81. The highest BCUT2D eigenvalue weighted by Crippen LogP contribution is 2.17. The summed E-state index contributed by atoms with van der Waals surface area (Å²) in [6.45, 7) is 2.70. The van der Waals surface area contributed by atoms with Crippen LogP contribution in [0.15, 0.2) is 18.2 Å². The standard InChI is InChI=1S/C13H15FINO2/c1-8(12-3-2-6-18-12)16-13(17)10-5-4-9(14)7-11(10)15/h4-5,7-8,12H,2-3,6H2,1H3,(H,16,17)/t8-,12+/m1/s1. The van der Waals surface area contributed by atoms with Crippen molar-refractivity contribution in [2.45, 2.75) is 31.9 Å². The molecule has 0 bridgehead atoms. The maximum absolute atomic E-state index is 13.0. The van der Waals surface area contributed by atoms with Crippen LogP contribution in [0.3, 0.4) is 0 Å². The molecule has 3 nitrogen and oxygen atoms in total. The number of hydrogen-bond donors (Lipinski definition) is 1. The van der Waals surface area contributed by atoms with Crippen molar-refractivity contribution in [1.29, 1.82) is 0 Å². The molecule has 18 heavy (non-hydrogen) atoms. The number of amides is 1. The van der Waals surface area contributed by atoms with Gasteiger partial charge in [0.25, 0.3) is 5.91 Å². The predicted octanol–water partition coefficient (Wildman–Crippen LogP) is 2.73. The molecular formula is C13H15FINO2. The Morgan fingerprint density at radius 2 is 2.39 bits per heavy atom. The Morgan fingerprint density at radius 3 is 3.00 bits per heavy atom. The minimum Gasteiger partial charge on any atom is -0.376 e. The number of hydrogen-bond acceptors (Lipinski definition) is 2. The van der Waals surface area contributed by atoms with Gasteiger partial charge in [-0.05, 0) is 60.6 Å². The number of carbonyl (C=O) groups is 1. The highest BCUT2D eigenvalue weighted by Gasteiger charge is 2.24. The van der Waals surface area contributed by atoms with Gasteiger partial charge in [0.15, 0.2) is 0 Å². The van der Waals surface area contributed by atoms with Crippen molar-refractivity contribution in [1.82, 2.24) is 5.32 Å². The molecule has 0 unspecified atom stereocenters. The van der Waals surface area contributed by atoms with Gasteiger partial charge in [0.2, 0.25) is 0 Å². The summed E-state index contributed by atoms with van der Waals surface area (Å²) in [5.41, 5.74) is 0.502. The van der Waals surface area contributed by atoms with Crippen LogP contribution < -0.4 is 5.32 Å². The van der Waals surface area contributed by atoms with Crippen molar-refractivity contribution in [3.05, 3.63) is 33.1 Å². The summed E-state index contributed by atoms with van der Waals surface area (Å²) in [6.07, 6.45) is 2.10. The molecule has 1 saturated heterocycles. The third-order valence-electron chi connectivity index (χ3n) is 3.06. The molecule has 1 fully saturated rings. The maximum Gasteiger partial charge on any atom is 0.252 e. The largest absolute Gasteiger partial charge is 0.376 e. The molecule has 0 saturated carbocycles. The fourth-order valence-corrected chi connectivity index (χ4v) is 2.77. The topological polar surface area (TPSA) is 38.3 Å². The second-order valence-corrected chi connectivity index (χ2v) is 5.60. The van der Waals surface area contributed by atoms with Crippen LogP contribution in [0.5, 0.6) is 0 Å². The summed E-state index contributed by atoms with van der Waals surface area (Å²) in [7, 11) is 0. The van der Waals surface area contributed by atoms with Crippen molar-refractivity contribution in [2.24, 2.45) is 0 Å². The Balaban J connectivity index is 2.02. The Morgan fingerprint density at radius 1 is 1.61 bits per heavy atom. The van der Waals surface area contributed by atoms with Gasteiger partial charge in [0.05, 0.1) is 17.7 Å². The van der Waals surface area contributed by atoms with Gasteiger partial charge in [-0.2, -0.15) is 0 Å². The van der Waals surface area contributed by atoms with Gasteiger partial charge in [0, 0.05) is 10.2 Å². The molecule has 0 spiro atoms. The van der Waals surface area contributed by atoms with Crippen molar-refractivity contribution in [2.75, 3.05) is 6.61 Å². The monoisotopic (exact) mass is 363 g/mol. The van der Waals surface area contributed by atoms with Gasteiger partial charge >= 0.3 is 0 Å². The van der Waals surface area contributed by atoms with E-state index in [1.165, 1.54) is 18.2 Å². The van der Waals surface area contributed by atoms with Crippen molar-refractivity contribution in [3.8, 4) is 0 Å². The zero-order valence-electron chi connectivity index (χ0n) is 10.1. The molecule has 1 aliphatic heterocycles. The van der Waals surface area contributed by atoms with Gasteiger partial charge < -0.3 is 10.1 Å². The smallest absolute Gasteiger partial charge is 0.252 e. The number of benzene rings is 1. The van der Waals surface area contributed by atoms with Crippen LogP contribution in [0.25, 0.3) is 0 Å². The first-order chi connectivity index (χ1) is 8.58. The molecule has 1 N–H and O–H groups in total. The fourth-order valence-electron chi connectivity index (χ4n) is 2.05. The summed E-state index contributed by atoms with van der Waals surface area (Å²) in [6, 6.07) is 4.13. The van der Waals surface area contributed by atoms with E-state index >= 15 is 0 Å². The van der Waals surface area contributed by atoms with Crippen molar-refractivity contribution >= 4 is 28.5 Å². The fraction of sp³-hybridized carbons (Fsp3) is 0.462. The van der Waals surface area contributed by atoms with E-state index in [9.17, 15) is 9.18 Å². The highest BCUT2D eigenvalue weighted by atomic mass is 127. The van der Waals surface area contributed by atoms with Gasteiger partial charge in [-0.25, -0.2) is 4.39 Å². The van der Waals surface area contributed by atoms with E-state index in [1.54, 1.807) is 0 Å². The normalized spacial score (nSPS) is 20.7. The Kier molecular flexibility index (Phi) is 4.55. The summed E-state index contributed by atoms with van der Waals surface area (Å²) >= 11 is 1.96. The minimum atomic E-state index is -0.330. The molecule has 0 aliphatic carbocycles. The molecule has 5 heteroatoms. The SMILES string of the molecule is C[C@@H](NC(=O)c1ccc(F)cc1I)[C@@H]1CCCO1. The molecule has 1 aromatic rings. The van der Waals surface area contributed by atoms with Crippen LogP contribution >= 0.6 is 22.6 Å². The number of halogens is 2. The lowest BCUT2D eigenvalue weighted by Crippen LogP contribution is -2.41. The summed E-state index contributed by atoms with van der Waals surface area (Å²) in [5, 5.41) is 2.91. The van der Waals surface area contributed by atoms with Gasteiger partial charge in [-0.3, -0.25) is 4.79 Å². The summed E-state index contributed by atoms with van der Waals surface area (Å²) < 4.78 is 19.1. The van der Waals surface area contributed by atoms with Crippen LogP contribution in [0.4, 0.5) is 4.39 Å². The van der Waals surface area contributed by atoms with Crippen LogP contribution in [0.1, 0.15) is 30.1 Å². The zero-order chi connectivity index (χ0) is 13.1. The molecule has 1 aliphatic rings. The van der Waals surface area contributed by atoms with Crippen molar-refractivity contribution in [3.63, 3.8) is 0 Å². The number of carbonyl (C=O) groups excluding carboxylic acids is 1. The molecular weight excluding hydrogens is 348 g/mol. The summed E-state index contributed by atoms with van der Waals surface area (Å²) in [5.74, 6) is -0.509. The third-order valence-corrected chi connectivity index (χ3v) is 3.95. The summed E-state index contributed by atoms with van der Waals surface area (Å²) in [4.78, 5) is 12.1. The first-order valence-electron chi connectivity index (χ1n) is 5.95. The van der Waals surface area contributed by atoms with Gasteiger partial charge in [-0.1, -0.05) is 0 Å². The second kappa shape index (κ2) is 5.97. The number of ether oxygens (including phenoxy) is 1. The molecule has 2 atom stereocenters. The van der Waals surface area contributed by atoms with Crippen LogP contribution in [0, 0.1) is 9.39 Å². The Labute approximate surface area is 119 Å². The first-order valence-corrected chi connectivity index (χ1v) is 7.03. The first kappa shape index (κ1) is 13.7. The lowest BCUT2D eigenvalue weighted by Gasteiger charge is -2.20. The van der Waals surface area contributed by atoms with E-state index in [0.29, 0.717) is 9.13 Å². The minimum absolute atomic E-state index is 0.0270. The molecule has 0 aromatic heterocycles. The highest BCUT2D eigenvalue weighted by molar-refractivity contribution is 14.1. The van der Waals surface area contributed by atoms with E-state index < -0.39 is 0 Å². The lowest BCUT2D eigenvalue weighted by atomic mass is 10.1. The molecule has 1 amide bonds. The average molecular weight is 363 g/mol. The van der Waals surface area contributed by atoms with E-state index in [4.69, 9.17) is 4.74 Å². The molecule has 2 rings (SSSR count). The lowest BCUT2D eigenvalue weighted by molar-refractivity contribution is 0.0712. The van der Waals surface area contributed by atoms with Crippen LogP contribution in [0.2, 0.25) is 0 Å². The van der Waals surface area contributed by atoms with E-state index in [2.05, 4.69) is 5.32 Å². The number of nitrogens with one attached hydrogen (secondary N) is 1.